The molecular formula is C21H19N3O5S. The molecule has 30 heavy (non-hydrogen) atoms. The normalized spacial score (nSPS) is 22.4. The van der Waals surface area contributed by atoms with Crippen LogP contribution in [-0.4, -0.2) is 57.2 Å². The van der Waals surface area contributed by atoms with Gasteiger partial charge in [0.2, 0.25) is 0 Å². The van der Waals surface area contributed by atoms with Crippen LogP contribution in [0.25, 0.3) is 11.3 Å². The standard InChI is InChI=1S/C21H19N3O5S/c25-14-5-3-4-12(10-14)20-17-18(15-6-1-2-7-16(15)26)22-23-19(17)21(27)24(20)13-8-9-30(28,29)11-13/h1-7,10,13,20,25-26H,8-9,11H2,(H,22,23)/t13-,20+/m0/s1. The van der Waals surface area contributed by atoms with E-state index < -0.39 is 21.9 Å². The van der Waals surface area contributed by atoms with Crippen LogP contribution in [-0.2, 0) is 9.84 Å². The van der Waals surface area contributed by atoms with Crippen LogP contribution in [0.1, 0.15) is 34.1 Å². The number of benzene rings is 2. The molecule has 2 aliphatic rings. The maximum Gasteiger partial charge on any atom is 0.273 e. The largest absolute Gasteiger partial charge is 0.508 e. The zero-order valence-corrected chi connectivity index (χ0v) is 16.6. The number of carbonyl (C=O) groups is 1. The molecule has 0 radical (unpaired) electrons. The van der Waals surface area contributed by atoms with Crippen molar-refractivity contribution >= 4 is 15.7 Å². The van der Waals surface area contributed by atoms with E-state index in [4.69, 9.17) is 0 Å². The van der Waals surface area contributed by atoms with E-state index in [9.17, 15) is 23.4 Å². The second-order valence-corrected chi connectivity index (χ2v) is 9.87. The third kappa shape index (κ3) is 2.85. The fraction of sp³-hybridized carbons (Fsp3) is 0.238. The molecule has 5 rings (SSSR count). The second kappa shape index (κ2) is 6.60. The minimum atomic E-state index is -3.22. The lowest BCUT2D eigenvalue weighted by molar-refractivity contribution is 0.0677. The first-order valence-corrected chi connectivity index (χ1v) is 11.4. The molecule has 0 unspecified atom stereocenters. The van der Waals surface area contributed by atoms with Gasteiger partial charge in [0.15, 0.2) is 9.84 Å². The number of hydrogen-bond donors (Lipinski definition) is 3. The molecule has 0 saturated carbocycles. The number of hydrogen-bond acceptors (Lipinski definition) is 6. The molecule has 1 saturated heterocycles. The molecule has 0 spiro atoms. The molecule has 0 aliphatic carbocycles. The van der Waals surface area contributed by atoms with Gasteiger partial charge in [-0.05, 0) is 36.2 Å². The van der Waals surface area contributed by atoms with Crippen molar-refractivity contribution < 1.29 is 23.4 Å². The van der Waals surface area contributed by atoms with Gasteiger partial charge in [-0.25, -0.2) is 8.42 Å². The molecular weight excluding hydrogens is 406 g/mol. The topological polar surface area (TPSA) is 124 Å². The summed E-state index contributed by atoms with van der Waals surface area (Å²) in [7, 11) is -3.22. The average Bonchev–Trinajstić information content (AvgIpc) is 3.36. The Bertz CT molecular complexity index is 1270. The second-order valence-electron chi connectivity index (χ2n) is 7.64. The van der Waals surface area contributed by atoms with Crippen LogP contribution < -0.4 is 0 Å². The van der Waals surface area contributed by atoms with Gasteiger partial charge in [0, 0.05) is 17.2 Å². The van der Waals surface area contributed by atoms with E-state index in [0.29, 0.717) is 28.8 Å². The number of fused-ring (bicyclic) bond motifs is 1. The van der Waals surface area contributed by atoms with E-state index in [1.165, 1.54) is 12.1 Å². The number of nitrogens with zero attached hydrogens (tertiary/aromatic N) is 2. The number of para-hydroxylation sites is 1. The average molecular weight is 425 g/mol. The smallest absolute Gasteiger partial charge is 0.273 e. The van der Waals surface area contributed by atoms with Gasteiger partial charge in [-0.3, -0.25) is 9.89 Å². The van der Waals surface area contributed by atoms with Crippen molar-refractivity contribution in [2.45, 2.75) is 18.5 Å². The SMILES string of the molecule is O=C1c2[nH]nc(-c3ccccc3O)c2[C@@H](c2cccc(O)c2)N1[C@H]1CCS(=O)(=O)C1. The van der Waals surface area contributed by atoms with Crippen LogP contribution in [0.5, 0.6) is 11.5 Å². The Labute approximate surface area is 172 Å². The van der Waals surface area contributed by atoms with E-state index in [1.54, 1.807) is 41.3 Å². The highest BCUT2D eigenvalue weighted by molar-refractivity contribution is 7.91. The molecule has 3 aromatic rings. The minimum absolute atomic E-state index is 0.0239. The van der Waals surface area contributed by atoms with Crippen molar-refractivity contribution in [3.63, 3.8) is 0 Å². The summed E-state index contributed by atoms with van der Waals surface area (Å²) in [5, 5.41) is 27.5. The number of sulfone groups is 1. The number of H-pyrrole nitrogens is 1. The van der Waals surface area contributed by atoms with E-state index in [1.807, 2.05) is 0 Å². The lowest BCUT2D eigenvalue weighted by atomic mass is 9.95. The van der Waals surface area contributed by atoms with Crippen molar-refractivity contribution in [2.75, 3.05) is 11.5 Å². The van der Waals surface area contributed by atoms with Gasteiger partial charge in [0.05, 0.1) is 17.5 Å². The summed E-state index contributed by atoms with van der Waals surface area (Å²) in [6.07, 6.45) is 0.354. The molecule has 1 fully saturated rings. The van der Waals surface area contributed by atoms with Crippen LogP contribution >= 0.6 is 0 Å². The minimum Gasteiger partial charge on any atom is -0.508 e. The predicted octanol–water partition coefficient (Wildman–Crippen LogP) is 2.22. The van der Waals surface area contributed by atoms with Crippen molar-refractivity contribution in [3.05, 3.63) is 65.4 Å². The zero-order chi connectivity index (χ0) is 21.0. The van der Waals surface area contributed by atoms with Crippen LogP contribution in [0, 0.1) is 0 Å². The fourth-order valence-electron chi connectivity index (χ4n) is 4.44. The molecule has 3 heterocycles. The summed E-state index contributed by atoms with van der Waals surface area (Å²) in [5.41, 5.74) is 2.37. The van der Waals surface area contributed by atoms with E-state index >= 15 is 0 Å². The first-order chi connectivity index (χ1) is 14.4. The van der Waals surface area contributed by atoms with Crippen LogP contribution in [0.3, 0.4) is 0 Å². The van der Waals surface area contributed by atoms with Gasteiger partial charge in [0.1, 0.15) is 22.9 Å². The van der Waals surface area contributed by atoms with Gasteiger partial charge in [0.25, 0.3) is 5.91 Å². The number of amides is 1. The summed E-state index contributed by atoms with van der Waals surface area (Å²) in [6.45, 7) is 0. The van der Waals surface area contributed by atoms with E-state index in [-0.39, 0.29) is 34.6 Å². The van der Waals surface area contributed by atoms with E-state index in [2.05, 4.69) is 10.2 Å². The molecule has 1 aromatic heterocycles. The summed E-state index contributed by atoms with van der Waals surface area (Å²) in [5.74, 6) is -0.338. The molecule has 8 nitrogen and oxygen atoms in total. The maximum absolute atomic E-state index is 13.3. The van der Waals surface area contributed by atoms with Crippen LogP contribution in [0.4, 0.5) is 0 Å². The van der Waals surface area contributed by atoms with Gasteiger partial charge in [-0.15, -0.1) is 0 Å². The van der Waals surface area contributed by atoms with E-state index in [0.717, 1.165) is 0 Å². The Morgan fingerprint density at radius 2 is 1.90 bits per heavy atom. The van der Waals surface area contributed by atoms with Crippen molar-refractivity contribution in [1.82, 2.24) is 15.1 Å². The highest BCUT2D eigenvalue weighted by Crippen LogP contribution is 2.46. The molecule has 3 N–H and O–H groups in total. The number of rotatable bonds is 3. The highest BCUT2D eigenvalue weighted by Gasteiger charge is 2.48. The first kappa shape index (κ1) is 18.7. The van der Waals surface area contributed by atoms with Gasteiger partial charge in [-0.1, -0.05) is 24.3 Å². The molecule has 1 amide bonds. The van der Waals surface area contributed by atoms with Crippen molar-refractivity contribution in [1.29, 1.82) is 0 Å². The fourth-order valence-corrected chi connectivity index (χ4v) is 6.15. The van der Waals surface area contributed by atoms with Crippen LogP contribution in [0.15, 0.2) is 48.5 Å². The van der Waals surface area contributed by atoms with Gasteiger partial charge in [-0.2, -0.15) is 5.10 Å². The summed E-state index contributed by atoms with van der Waals surface area (Å²) >= 11 is 0. The number of aromatic nitrogens is 2. The summed E-state index contributed by atoms with van der Waals surface area (Å²) in [6, 6.07) is 12.1. The molecule has 154 valence electrons. The van der Waals surface area contributed by atoms with Gasteiger partial charge < -0.3 is 15.1 Å². The Hall–Kier alpha value is -3.33. The third-order valence-corrected chi connectivity index (χ3v) is 7.50. The summed E-state index contributed by atoms with van der Waals surface area (Å²) < 4.78 is 24.2. The Balaban J connectivity index is 1.71. The highest BCUT2D eigenvalue weighted by atomic mass is 32.2. The number of carbonyl (C=O) groups excluding carboxylic acids is 1. The van der Waals surface area contributed by atoms with Gasteiger partial charge >= 0.3 is 0 Å². The Morgan fingerprint density at radius 3 is 2.60 bits per heavy atom. The lowest BCUT2D eigenvalue weighted by Gasteiger charge is -2.31. The molecule has 2 aliphatic heterocycles. The predicted molar refractivity (Wildman–Crippen MR) is 109 cm³/mol. The quantitative estimate of drug-likeness (QED) is 0.591. The molecule has 2 aromatic carbocycles. The zero-order valence-electron chi connectivity index (χ0n) is 15.8. The number of phenolic OH excluding ortho intramolecular Hbond substituents is 2. The molecule has 9 heteroatoms. The first-order valence-electron chi connectivity index (χ1n) is 9.54. The van der Waals surface area contributed by atoms with Crippen molar-refractivity contribution in [2.24, 2.45) is 0 Å². The Morgan fingerprint density at radius 1 is 1.10 bits per heavy atom. The maximum atomic E-state index is 13.3. The Kier molecular flexibility index (Phi) is 4.11. The third-order valence-electron chi connectivity index (χ3n) is 5.75. The number of phenols is 2. The van der Waals surface area contributed by atoms with Crippen molar-refractivity contribution in [3.8, 4) is 22.8 Å². The lowest BCUT2D eigenvalue weighted by Crippen LogP contribution is -2.40. The summed E-state index contributed by atoms with van der Waals surface area (Å²) in [4.78, 5) is 14.9. The number of aromatic amines is 1. The van der Waals surface area contributed by atoms with Crippen LogP contribution in [0.2, 0.25) is 0 Å². The molecule has 2 atom stereocenters. The number of nitrogens with one attached hydrogen (secondary N) is 1. The monoisotopic (exact) mass is 425 g/mol. The molecule has 0 bridgehead atoms. The number of aromatic hydroxyl groups is 2.